The molecule has 3 N–H and O–H groups in total. The smallest absolute Gasteiger partial charge is 0.272 e. The molecule has 8 heteroatoms. The molecule has 0 fully saturated rings. The normalized spacial score (nSPS) is 11.6. The van der Waals surface area contributed by atoms with Gasteiger partial charge in [-0.3, -0.25) is 4.79 Å². The van der Waals surface area contributed by atoms with Gasteiger partial charge < -0.3 is 9.72 Å². The first kappa shape index (κ1) is 17.1. The van der Waals surface area contributed by atoms with E-state index in [0.717, 1.165) is 16.9 Å². The Hall–Kier alpha value is -2.71. The van der Waals surface area contributed by atoms with Crippen LogP contribution in [0, 0.1) is 0 Å². The summed E-state index contributed by atoms with van der Waals surface area (Å²) in [5.41, 5.74) is 1.89. The fraction of sp³-hybridized carbons (Fsp3) is 0.176. The number of nitrogens with zero attached hydrogens (tertiary/aromatic N) is 2. The van der Waals surface area contributed by atoms with Gasteiger partial charge in [-0.15, -0.1) is 0 Å². The molecule has 0 aliphatic carbocycles. The van der Waals surface area contributed by atoms with Crippen LogP contribution in [0.15, 0.2) is 53.6 Å². The van der Waals surface area contributed by atoms with Crippen LogP contribution >= 0.6 is 0 Å². The van der Waals surface area contributed by atoms with Gasteiger partial charge in [0.05, 0.1) is 10.4 Å². The number of sulfonamides is 1. The topological polar surface area (TPSA) is 107 Å². The zero-order chi connectivity index (χ0) is 18.0. The lowest BCUT2D eigenvalue weighted by Gasteiger charge is -2.05. The van der Waals surface area contributed by atoms with Crippen molar-refractivity contribution in [3.05, 3.63) is 65.7 Å². The molecule has 0 radical (unpaired) electrons. The predicted octanol–water partition coefficient (Wildman–Crippen LogP) is 1.47. The molecule has 7 nitrogen and oxygen atoms in total. The molecule has 130 valence electrons. The van der Waals surface area contributed by atoms with Crippen molar-refractivity contribution in [3.8, 4) is 0 Å². The summed E-state index contributed by atoms with van der Waals surface area (Å²) < 4.78 is 24.4. The number of carbonyl (C=O) groups is 1. The van der Waals surface area contributed by atoms with E-state index in [9.17, 15) is 13.2 Å². The first-order valence-electron chi connectivity index (χ1n) is 7.76. The first-order valence-corrected chi connectivity index (χ1v) is 9.30. The molecule has 3 aromatic rings. The van der Waals surface area contributed by atoms with E-state index in [0.29, 0.717) is 12.1 Å². The third kappa shape index (κ3) is 3.54. The molecule has 0 saturated heterocycles. The maximum absolute atomic E-state index is 12.5. The number of hydrogen-bond acceptors (Lipinski definition) is 4. The van der Waals surface area contributed by atoms with Crippen molar-refractivity contribution in [2.24, 2.45) is 5.14 Å². The lowest BCUT2D eigenvalue weighted by molar-refractivity contribution is 0.0948. The van der Waals surface area contributed by atoms with E-state index < -0.39 is 10.0 Å². The van der Waals surface area contributed by atoms with Gasteiger partial charge >= 0.3 is 0 Å². The van der Waals surface area contributed by atoms with Crippen LogP contribution in [0.2, 0.25) is 0 Å². The first-order chi connectivity index (χ1) is 11.9. The van der Waals surface area contributed by atoms with Crippen LogP contribution in [-0.4, -0.2) is 23.7 Å². The number of nitrogens with two attached hydrogens (primary N) is 1. The summed E-state index contributed by atoms with van der Waals surface area (Å²) in [6.45, 7) is 2.24. The number of imidazole rings is 1. The summed E-state index contributed by atoms with van der Waals surface area (Å²) in [4.78, 5) is 16.9. The van der Waals surface area contributed by atoms with Gasteiger partial charge in [-0.05, 0) is 29.8 Å². The fourth-order valence-corrected chi connectivity index (χ4v) is 3.10. The van der Waals surface area contributed by atoms with Crippen molar-refractivity contribution in [2.75, 3.05) is 0 Å². The molecule has 0 saturated carbocycles. The van der Waals surface area contributed by atoms with Gasteiger partial charge in [0.15, 0.2) is 5.69 Å². The van der Waals surface area contributed by atoms with Crippen LogP contribution in [0.1, 0.15) is 28.8 Å². The van der Waals surface area contributed by atoms with Crippen LogP contribution in [0.3, 0.4) is 0 Å². The number of benzene rings is 1. The van der Waals surface area contributed by atoms with E-state index in [1.807, 2.05) is 35.7 Å². The van der Waals surface area contributed by atoms with Crippen molar-refractivity contribution >= 4 is 21.4 Å². The molecule has 0 aliphatic rings. The summed E-state index contributed by atoms with van der Waals surface area (Å²) in [7, 11) is -3.72. The number of carbonyl (C=O) groups excluding carboxylic acids is 1. The molecule has 0 aliphatic heterocycles. The van der Waals surface area contributed by atoms with Gasteiger partial charge in [-0.1, -0.05) is 25.1 Å². The number of pyridine rings is 1. The Kier molecular flexibility index (Phi) is 4.56. The highest BCUT2D eigenvalue weighted by Crippen LogP contribution is 2.14. The number of aryl methyl sites for hydroxylation is 1. The van der Waals surface area contributed by atoms with Gasteiger partial charge in [0.1, 0.15) is 5.82 Å². The minimum atomic E-state index is -3.72. The monoisotopic (exact) mass is 358 g/mol. The molecule has 0 atom stereocenters. The Bertz CT molecular complexity index is 1020. The molecular formula is C17H18N4O3S. The van der Waals surface area contributed by atoms with Gasteiger partial charge in [-0.2, -0.15) is 0 Å². The third-order valence-corrected chi connectivity index (χ3v) is 4.79. The largest absolute Gasteiger partial charge is 0.347 e. The highest BCUT2D eigenvalue weighted by Gasteiger charge is 2.16. The second kappa shape index (κ2) is 6.66. The Labute approximate surface area is 145 Å². The molecule has 0 bridgehead atoms. The molecule has 0 unspecified atom stereocenters. The van der Waals surface area contributed by atoms with Gasteiger partial charge in [-0.25, -0.2) is 18.5 Å². The van der Waals surface area contributed by atoms with Crippen molar-refractivity contribution in [3.63, 3.8) is 0 Å². The molecule has 1 aromatic carbocycles. The zero-order valence-corrected chi connectivity index (χ0v) is 14.5. The number of fused-ring (bicyclic) bond motifs is 1. The minimum absolute atomic E-state index is 0.0373. The standard InChI is InChI=1S/C17H18N4O3S/c1-2-15-20-16(14-5-3-4-10-21(14)15)17(22)19-11-12-6-8-13(9-7-12)25(18,23)24/h3-10H,2,11H2,1H3,(H,19,22)(H2,18,23,24). The number of hydrogen-bond donors (Lipinski definition) is 2. The van der Waals surface area contributed by atoms with E-state index in [1.54, 1.807) is 12.1 Å². The molecule has 2 aromatic heterocycles. The van der Waals surface area contributed by atoms with E-state index in [1.165, 1.54) is 12.1 Å². The quantitative estimate of drug-likeness (QED) is 0.720. The Morgan fingerprint density at radius 2 is 1.92 bits per heavy atom. The molecule has 3 rings (SSSR count). The van der Waals surface area contributed by atoms with E-state index in [2.05, 4.69) is 10.3 Å². The van der Waals surface area contributed by atoms with Gasteiger partial charge in [0, 0.05) is 19.2 Å². The van der Waals surface area contributed by atoms with Crippen molar-refractivity contribution < 1.29 is 13.2 Å². The molecule has 25 heavy (non-hydrogen) atoms. The number of amides is 1. The van der Waals surface area contributed by atoms with E-state index >= 15 is 0 Å². The van der Waals surface area contributed by atoms with Crippen LogP contribution in [-0.2, 0) is 23.0 Å². The highest BCUT2D eigenvalue weighted by atomic mass is 32.2. The number of aromatic nitrogens is 2. The minimum Gasteiger partial charge on any atom is -0.347 e. The van der Waals surface area contributed by atoms with Crippen LogP contribution in [0.5, 0.6) is 0 Å². The zero-order valence-electron chi connectivity index (χ0n) is 13.6. The molecular weight excluding hydrogens is 340 g/mol. The summed E-state index contributed by atoms with van der Waals surface area (Å²) in [5, 5.41) is 7.87. The second-order valence-electron chi connectivity index (χ2n) is 5.56. The Balaban J connectivity index is 1.77. The average Bonchev–Trinajstić information content (AvgIpc) is 2.98. The Morgan fingerprint density at radius 1 is 1.20 bits per heavy atom. The van der Waals surface area contributed by atoms with Crippen LogP contribution < -0.4 is 10.5 Å². The lowest BCUT2D eigenvalue weighted by atomic mass is 10.2. The van der Waals surface area contributed by atoms with Crippen molar-refractivity contribution in [1.29, 1.82) is 0 Å². The second-order valence-corrected chi connectivity index (χ2v) is 7.12. The lowest BCUT2D eigenvalue weighted by Crippen LogP contribution is -2.23. The number of rotatable bonds is 5. The van der Waals surface area contributed by atoms with Crippen LogP contribution in [0.4, 0.5) is 0 Å². The van der Waals surface area contributed by atoms with Crippen molar-refractivity contribution in [2.45, 2.75) is 24.8 Å². The predicted molar refractivity (Wildman–Crippen MR) is 93.6 cm³/mol. The van der Waals surface area contributed by atoms with Crippen LogP contribution in [0.25, 0.3) is 5.52 Å². The Morgan fingerprint density at radius 3 is 2.56 bits per heavy atom. The van der Waals surface area contributed by atoms with E-state index in [-0.39, 0.29) is 17.3 Å². The van der Waals surface area contributed by atoms with Crippen molar-refractivity contribution in [1.82, 2.24) is 14.7 Å². The average molecular weight is 358 g/mol. The number of nitrogens with one attached hydrogen (secondary N) is 1. The van der Waals surface area contributed by atoms with Gasteiger partial charge in [0.2, 0.25) is 10.0 Å². The third-order valence-electron chi connectivity index (χ3n) is 3.86. The maximum atomic E-state index is 12.5. The summed E-state index contributed by atoms with van der Waals surface area (Å²) in [6.07, 6.45) is 2.59. The molecule has 1 amide bonds. The maximum Gasteiger partial charge on any atom is 0.272 e. The summed E-state index contributed by atoms with van der Waals surface area (Å²) in [5.74, 6) is 0.539. The number of primary sulfonamides is 1. The van der Waals surface area contributed by atoms with E-state index in [4.69, 9.17) is 5.14 Å². The summed E-state index contributed by atoms with van der Waals surface area (Å²) >= 11 is 0. The molecule has 2 heterocycles. The van der Waals surface area contributed by atoms with Gasteiger partial charge in [0.25, 0.3) is 5.91 Å². The highest BCUT2D eigenvalue weighted by molar-refractivity contribution is 7.89. The fourth-order valence-electron chi connectivity index (χ4n) is 2.58. The SMILES string of the molecule is CCc1nc(C(=O)NCc2ccc(S(N)(=O)=O)cc2)c2ccccn12. The molecule has 0 spiro atoms. The summed E-state index contributed by atoms with van der Waals surface area (Å²) in [6, 6.07) is 11.7.